The molecular formula is C25H37NO5S. The lowest BCUT2D eigenvalue weighted by Crippen LogP contribution is -2.40. The van der Waals surface area contributed by atoms with Gasteiger partial charge in [0.05, 0.1) is 16.8 Å². The van der Waals surface area contributed by atoms with Crippen molar-refractivity contribution in [3.8, 4) is 0 Å². The first-order valence-electron chi connectivity index (χ1n) is 12.1. The van der Waals surface area contributed by atoms with Crippen LogP contribution in [0.4, 0.5) is 4.79 Å². The van der Waals surface area contributed by atoms with E-state index in [2.05, 4.69) is 6.58 Å². The molecule has 1 saturated heterocycles. The second-order valence-electron chi connectivity index (χ2n) is 10.2. The zero-order valence-corrected chi connectivity index (χ0v) is 20.2. The molecule has 0 bridgehead atoms. The predicted octanol–water partition coefficient (Wildman–Crippen LogP) is 4.98. The van der Waals surface area contributed by atoms with E-state index >= 15 is 0 Å². The van der Waals surface area contributed by atoms with Gasteiger partial charge in [-0.05, 0) is 101 Å². The molecule has 1 amide bonds. The van der Waals surface area contributed by atoms with Crippen LogP contribution in [-0.4, -0.2) is 50.0 Å². The van der Waals surface area contributed by atoms with Gasteiger partial charge in [0.2, 0.25) is 0 Å². The van der Waals surface area contributed by atoms with Crippen LogP contribution in [0, 0.1) is 17.8 Å². The maximum Gasteiger partial charge on any atom is 0.410 e. The number of ether oxygens (including phenoxy) is 2. The van der Waals surface area contributed by atoms with E-state index < -0.39 is 9.84 Å². The lowest BCUT2D eigenvalue weighted by Gasteiger charge is -2.32. The first-order valence-corrected chi connectivity index (χ1v) is 13.6. The van der Waals surface area contributed by atoms with Gasteiger partial charge in [-0.2, -0.15) is 0 Å². The number of rotatable bonds is 10. The number of hydrogen-bond donors (Lipinski definition) is 0. The van der Waals surface area contributed by atoms with Crippen molar-refractivity contribution in [1.29, 1.82) is 0 Å². The van der Waals surface area contributed by atoms with Gasteiger partial charge in [-0.3, -0.25) is 0 Å². The van der Waals surface area contributed by atoms with E-state index in [1.807, 2.05) is 24.8 Å². The van der Waals surface area contributed by atoms with Gasteiger partial charge in [-0.25, -0.2) is 13.2 Å². The number of amides is 1. The summed E-state index contributed by atoms with van der Waals surface area (Å²) in [5.74, 6) is 2.81. The third kappa shape index (κ3) is 5.77. The molecule has 0 aromatic heterocycles. The third-order valence-electron chi connectivity index (χ3n) is 7.47. The van der Waals surface area contributed by atoms with Crippen molar-refractivity contribution < 1.29 is 22.7 Å². The lowest BCUT2D eigenvalue weighted by molar-refractivity contribution is 0.0473. The molecule has 4 rings (SSSR count). The summed E-state index contributed by atoms with van der Waals surface area (Å²) in [5, 5.41) is -0.236. The van der Waals surface area contributed by atoms with Gasteiger partial charge >= 0.3 is 6.09 Å². The van der Waals surface area contributed by atoms with Gasteiger partial charge in [0, 0.05) is 13.1 Å². The van der Waals surface area contributed by atoms with E-state index in [0.29, 0.717) is 24.2 Å². The third-order valence-corrected chi connectivity index (χ3v) is 9.69. The molecule has 0 spiro atoms. The SMILES string of the molecule is C=C(/C=C\C(=C/C)OCC[C@@H]1C[C@@H]1C1CCN(C(=O)OC2(C)CC2)CC1)S(=O)(=O)C1CC1. The van der Waals surface area contributed by atoms with Gasteiger partial charge in [0.25, 0.3) is 0 Å². The Hall–Kier alpha value is -1.76. The van der Waals surface area contributed by atoms with Gasteiger partial charge in [0.1, 0.15) is 11.4 Å². The standard InChI is InChI=1S/C25H37NO5S/c1-4-21(6-5-18(2)32(28,29)22-7-8-22)30-16-11-20-17-23(20)19-9-14-26(15-10-19)24(27)31-25(3)12-13-25/h4-6,19-20,22-23H,2,7-17H2,1,3H3/b6-5-,21-4+/t20-,23-/m1/s1. The van der Waals surface area contributed by atoms with Crippen molar-refractivity contribution >= 4 is 15.9 Å². The first kappa shape index (κ1) is 23.4. The molecule has 4 fully saturated rings. The first-order chi connectivity index (χ1) is 15.2. The monoisotopic (exact) mass is 463 g/mol. The summed E-state index contributed by atoms with van der Waals surface area (Å²) in [6.07, 6.45) is 12.8. The molecule has 3 aliphatic carbocycles. The molecule has 178 valence electrons. The fourth-order valence-electron chi connectivity index (χ4n) is 4.66. The maximum atomic E-state index is 12.3. The Morgan fingerprint density at radius 3 is 2.44 bits per heavy atom. The molecule has 0 aromatic carbocycles. The fraction of sp³-hybridized carbons (Fsp3) is 0.720. The van der Waals surface area contributed by atoms with Gasteiger partial charge in [-0.15, -0.1) is 0 Å². The fourth-order valence-corrected chi connectivity index (χ4v) is 6.10. The number of carbonyl (C=O) groups excluding carboxylic acids is 1. The van der Waals surface area contributed by atoms with Crippen LogP contribution in [0.25, 0.3) is 0 Å². The van der Waals surface area contributed by atoms with Gasteiger partial charge in [-0.1, -0.05) is 6.58 Å². The zero-order valence-electron chi connectivity index (χ0n) is 19.4. The van der Waals surface area contributed by atoms with Crippen LogP contribution >= 0.6 is 0 Å². The Balaban J connectivity index is 1.13. The zero-order chi connectivity index (χ0) is 22.9. The summed E-state index contributed by atoms with van der Waals surface area (Å²) in [7, 11) is -3.23. The average Bonchev–Trinajstić information content (AvgIpc) is 3.63. The number of piperidine rings is 1. The van der Waals surface area contributed by atoms with Crippen molar-refractivity contribution in [3.05, 3.63) is 35.5 Å². The highest BCUT2D eigenvalue weighted by Crippen LogP contribution is 2.50. The summed E-state index contributed by atoms with van der Waals surface area (Å²) in [5.41, 5.74) is -0.199. The topological polar surface area (TPSA) is 72.9 Å². The normalized spacial score (nSPS) is 27.9. The number of likely N-dealkylation sites (tertiary alicyclic amines) is 1. The highest BCUT2D eigenvalue weighted by atomic mass is 32.2. The Morgan fingerprint density at radius 1 is 1.16 bits per heavy atom. The van der Waals surface area contributed by atoms with E-state index in [1.165, 1.54) is 6.42 Å². The van der Waals surface area contributed by atoms with E-state index in [9.17, 15) is 13.2 Å². The molecule has 4 aliphatic rings. The predicted molar refractivity (Wildman–Crippen MR) is 125 cm³/mol. The summed E-state index contributed by atoms with van der Waals surface area (Å²) < 4.78 is 35.8. The van der Waals surface area contributed by atoms with Crippen LogP contribution in [0.5, 0.6) is 0 Å². The molecule has 2 atom stereocenters. The number of sulfone groups is 1. The minimum absolute atomic E-state index is 0.135. The molecule has 0 aromatic rings. The van der Waals surface area contributed by atoms with E-state index in [0.717, 1.165) is 64.0 Å². The number of carbonyl (C=O) groups is 1. The molecule has 6 nitrogen and oxygen atoms in total. The molecule has 3 saturated carbocycles. The van der Waals surface area contributed by atoms with E-state index in [1.54, 1.807) is 12.2 Å². The highest BCUT2D eigenvalue weighted by molar-refractivity contribution is 7.96. The van der Waals surface area contributed by atoms with Crippen molar-refractivity contribution in [3.63, 3.8) is 0 Å². The second-order valence-corrected chi connectivity index (χ2v) is 12.5. The van der Waals surface area contributed by atoms with Crippen molar-refractivity contribution in [2.45, 2.75) is 76.1 Å². The number of hydrogen-bond acceptors (Lipinski definition) is 5. The Kier molecular flexibility index (Phi) is 6.76. The molecule has 0 radical (unpaired) electrons. The maximum absolute atomic E-state index is 12.3. The molecule has 0 N–H and O–H groups in total. The smallest absolute Gasteiger partial charge is 0.410 e. The van der Waals surface area contributed by atoms with Crippen molar-refractivity contribution in [2.75, 3.05) is 19.7 Å². The minimum Gasteiger partial charge on any atom is -0.494 e. The Bertz CT molecular complexity index is 889. The van der Waals surface area contributed by atoms with Crippen molar-refractivity contribution in [1.82, 2.24) is 4.90 Å². The van der Waals surface area contributed by atoms with E-state index in [-0.39, 0.29) is 21.8 Å². The van der Waals surface area contributed by atoms with Crippen LogP contribution in [-0.2, 0) is 19.3 Å². The van der Waals surface area contributed by atoms with Crippen LogP contribution in [0.1, 0.15) is 65.2 Å². The summed E-state index contributed by atoms with van der Waals surface area (Å²) >= 11 is 0. The number of nitrogens with zero attached hydrogens (tertiary/aromatic N) is 1. The van der Waals surface area contributed by atoms with Gasteiger partial charge < -0.3 is 14.4 Å². The molecule has 32 heavy (non-hydrogen) atoms. The molecule has 1 heterocycles. The number of allylic oxidation sites excluding steroid dienone is 3. The van der Waals surface area contributed by atoms with Crippen LogP contribution < -0.4 is 0 Å². The average molecular weight is 464 g/mol. The largest absolute Gasteiger partial charge is 0.494 e. The van der Waals surface area contributed by atoms with Gasteiger partial charge in [0.15, 0.2) is 9.84 Å². The highest BCUT2D eigenvalue weighted by Gasteiger charge is 2.45. The molecule has 1 aliphatic heterocycles. The lowest BCUT2D eigenvalue weighted by atomic mass is 9.91. The minimum atomic E-state index is -3.23. The van der Waals surface area contributed by atoms with Crippen LogP contribution in [0.15, 0.2) is 35.5 Å². The summed E-state index contributed by atoms with van der Waals surface area (Å²) in [6.45, 7) is 9.87. The molecule has 0 unspecified atom stereocenters. The molecular weight excluding hydrogens is 426 g/mol. The summed E-state index contributed by atoms with van der Waals surface area (Å²) in [4.78, 5) is 14.3. The summed E-state index contributed by atoms with van der Waals surface area (Å²) in [6, 6.07) is 0. The van der Waals surface area contributed by atoms with Crippen molar-refractivity contribution in [2.24, 2.45) is 17.8 Å². The van der Waals surface area contributed by atoms with Crippen LogP contribution in [0.2, 0.25) is 0 Å². The quantitative estimate of drug-likeness (QED) is 0.337. The van der Waals surface area contributed by atoms with E-state index in [4.69, 9.17) is 9.47 Å². The van der Waals surface area contributed by atoms with Crippen LogP contribution in [0.3, 0.4) is 0 Å². The Morgan fingerprint density at radius 2 is 1.84 bits per heavy atom. The molecule has 7 heteroatoms. The second kappa shape index (κ2) is 9.24. The Labute approximate surface area is 192 Å².